The maximum absolute atomic E-state index is 13.0. The molecular formula is C26H27N5O3S. The lowest BCUT2D eigenvalue weighted by atomic mass is 9.98. The molecule has 1 amide bonds. The Bertz CT molecular complexity index is 1400. The molecule has 0 spiro atoms. The van der Waals surface area contributed by atoms with Gasteiger partial charge in [-0.05, 0) is 44.9 Å². The lowest BCUT2D eigenvalue weighted by molar-refractivity contribution is -0.151. The highest BCUT2D eigenvalue weighted by atomic mass is 32.2. The monoisotopic (exact) mass is 489 g/mol. The zero-order valence-corrected chi connectivity index (χ0v) is 20.6. The van der Waals surface area contributed by atoms with Crippen molar-refractivity contribution in [2.45, 2.75) is 31.8 Å². The number of amides is 1. The SMILES string of the molecule is CCOC(=O)[C@@H]1CCCN(C(=O)CSc2nnc3c4ccccc4nc(-c4cccc(C)c4)n23)C1. The summed E-state index contributed by atoms with van der Waals surface area (Å²) in [7, 11) is 0. The zero-order valence-electron chi connectivity index (χ0n) is 19.8. The fraction of sp³-hybridized carbons (Fsp3) is 0.346. The smallest absolute Gasteiger partial charge is 0.310 e. The molecule has 5 rings (SSSR count). The molecule has 180 valence electrons. The van der Waals surface area contributed by atoms with Crippen molar-refractivity contribution in [2.75, 3.05) is 25.4 Å². The summed E-state index contributed by atoms with van der Waals surface area (Å²) in [6, 6.07) is 16.0. The molecule has 0 aliphatic carbocycles. The number of likely N-dealkylation sites (tertiary alicyclic amines) is 1. The number of nitrogens with zero attached hydrogens (tertiary/aromatic N) is 5. The fourth-order valence-corrected chi connectivity index (χ4v) is 5.34. The Morgan fingerprint density at radius 1 is 1.14 bits per heavy atom. The summed E-state index contributed by atoms with van der Waals surface area (Å²) >= 11 is 1.34. The van der Waals surface area contributed by atoms with Gasteiger partial charge in [-0.15, -0.1) is 10.2 Å². The summed E-state index contributed by atoms with van der Waals surface area (Å²) in [5.74, 6) is 0.447. The highest BCUT2D eigenvalue weighted by Crippen LogP contribution is 2.30. The van der Waals surface area contributed by atoms with Crippen molar-refractivity contribution in [3.05, 3.63) is 54.1 Å². The number of carbonyl (C=O) groups excluding carboxylic acids is 2. The number of para-hydroxylation sites is 1. The van der Waals surface area contributed by atoms with Crippen molar-refractivity contribution in [3.8, 4) is 11.4 Å². The number of hydrogen-bond acceptors (Lipinski definition) is 7. The van der Waals surface area contributed by atoms with E-state index in [-0.39, 0.29) is 23.5 Å². The largest absolute Gasteiger partial charge is 0.466 e. The van der Waals surface area contributed by atoms with E-state index in [0.717, 1.165) is 40.7 Å². The summed E-state index contributed by atoms with van der Waals surface area (Å²) < 4.78 is 7.10. The molecule has 2 aromatic carbocycles. The van der Waals surface area contributed by atoms with Crippen LogP contribution in [0.2, 0.25) is 0 Å². The van der Waals surface area contributed by atoms with E-state index in [9.17, 15) is 9.59 Å². The van der Waals surface area contributed by atoms with Gasteiger partial charge < -0.3 is 9.64 Å². The minimum atomic E-state index is -0.255. The molecule has 35 heavy (non-hydrogen) atoms. The van der Waals surface area contributed by atoms with E-state index in [1.54, 1.807) is 11.8 Å². The van der Waals surface area contributed by atoms with Crippen LogP contribution < -0.4 is 0 Å². The van der Waals surface area contributed by atoms with Gasteiger partial charge in [-0.3, -0.25) is 14.0 Å². The second kappa shape index (κ2) is 10.0. The van der Waals surface area contributed by atoms with E-state index in [0.29, 0.717) is 30.5 Å². The molecule has 0 bridgehead atoms. The third kappa shape index (κ3) is 4.73. The van der Waals surface area contributed by atoms with Gasteiger partial charge in [0.25, 0.3) is 0 Å². The molecule has 1 fully saturated rings. The van der Waals surface area contributed by atoms with E-state index in [4.69, 9.17) is 9.72 Å². The van der Waals surface area contributed by atoms with Gasteiger partial charge in [0.1, 0.15) is 5.82 Å². The van der Waals surface area contributed by atoms with E-state index >= 15 is 0 Å². The second-order valence-corrected chi connectivity index (χ2v) is 9.63. The van der Waals surface area contributed by atoms with Crippen LogP contribution in [0.15, 0.2) is 53.7 Å². The van der Waals surface area contributed by atoms with Crippen LogP contribution in [0.1, 0.15) is 25.3 Å². The van der Waals surface area contributed by atoms with Gasteiger partial charge in [0, 0.05) is 24.0 Å². The first-order valence-electron chi connectivity index (χ1n) is 11.8. The Balaban J connectivity index is 1.44. The number of esters is 1. The molecule has 1 aliphatic rings. The van der Waals surface area contributed by atoms with E-state index < -0.39 is 0 Å². The van der Waals surface area contributed by atoms with Gasteiger partial charge in [0.15, 0.2) is 10.8 Å². The summed E-state index contributed by atoms with van der Waals surface area (Å²) in [6.45, 7) is 5.25. The number of fused-ring (bicyclic) bond motifs is 3. The summed E-state index contributed by atoms with van der Waals surface area (Å²) in [6.07, 6.45) is 1.55. The number of aromatic nitrogens is 4. The van der Waals surface area contributed by atoms with Gasteiger partial charge >= 0.3 is 5.97 Å². The first-order valence-corrected chi connectivity index (χ1v) is 12.8. The second-order valence-electron chi connectivity index (χ2n) is 8.68. The van der Waals surface area contributed by atoms with Gasteiger partial charge in [-0.1, -0.05) is 47.7 Å². The van der Waals surface area contributed by atoms with Crippen LogP contribution in [0, 0.1) is 12.8 Å². The lowest BCUT2D eigenvalue weighted by Gasteiger charge is -2.31. The van der Waals surface area contributed by atoms with Crippen molar-refractivity contribution in [2.24, 2.45) is 5.92 Å². The predicted molar refractivity (Wildman–Crippen MR) is 135 cm³/mol. The molecule has 1 aliphatic heterocycles. The number of piperidine rings is 1. The molecule has 3 heterocycles. The molecule has 0 radical (unpaired) electrons. The van der Waals surface area contributed by atoms with Crippen molar-refractivity contribution < 1.29 is 14.3 Å². The van der Waals surface area contributed by atoms with Crippen LogP contribution in [0.4, 0.5) is 0 Å². The lowest BCUT2D eigenvalue weighted by Crippen LogP contribution is -2.43. The predicted octanol–water partition coefficient (Wildman–Crippen LogP) is 4.15. The highest BCUT2D eigenvalue weighted by Gasteiger charge is 2.29. The zero-order chi connectivity index (χ0) is 24.4. The topological polar surface area (TPSA) is 89.7 Å². The first-order chi connectivity index (χ1) is 17.0. The standard InChI is InChI=1S/C26H27N5O3S/c1-3-34-25(33)19-10-7-13-30(15-19)22(32)16-35-26-29-28-24-20-11-4-5-12-21(20)27-23(31(24)26)18-9-6-8-17(2)14-18/h4-6,8-9,11-12,14,19H,3,7,10,13,15-16H2,1-2H3/t19-/m1/s1. The van der Waals surface area contributed by atoms with Crippen LogP contribution in [-0.4, -0.2) is 61.8 Å². The van der Waals surface area contributed by atoms with Crippen LogP contribution in [0.5, 0.6) is 0 Å². The molecule has 1 saturated heterocycles. The van der Waals surface area contributed by atoms with E-state index in [2.05, 4.69) is 16.3 Å². The average molecular weight is 490 g/mol. The van der Waals surface area contributed by atoms with Gasteiger partial charge in [-0.2, -0.15) is 0 Å². The molecular weight excluding hydrogens is 462 g/mol. The Morgan fingerprint density at radius 3 is 2.83 bits per heavy atom. The van der Waals surface area contributed by atoms with Crippen LogP contribution in [-0.2, 0) is 14.3 Å². The summed E-state index contributed by atoms with van der Waals surface area (Å²) in [4.78, 5) is 31.9. The highest BCUT2D eigenvalue weighted by molar-refractivity contribution is 7.99. The Morgan fingerprint density at radius 2 is 2.00 bits per heavy atom. The maximum Gasteiger partial charge on any atom is 0.310 e. The van der Waals surface area contributed by atoms with E-state index in [1.165, 1.54) is 11.8 Å². The first kappa shape index (κ1) is 23.3. The third-order valence-corrected chi connectivity index (χ3v) is 7.13. The van der Waals surface area contributed by atoms with E-state index in [1.807, 2.05) is 53.8 Å². The van der Waals surface area contributed by atoms with Crippen LogP contribution >= 0.6 is 11.8 Å². The van der Waals surface area contributed by atoms with Crippen molar-refractivity contribution in [1.29, 1.82) is 0 Å². The van der Waals surface area contributed by atoms with Crippen LogP contribution in [0.3, 0.4) is 0 Å². The molecule has 1 atom stereocenters. The summed E-state index contributed by atoms with van der Waals surface area (Å²) in [5, 5.41) is 10.4. The quantitative estimate of drug-likeness (QED) is 0.297. The fourth-order valence-electron chi connectivity index (χ4n) is 4.50. The molecule has 0 unspecified atom stereocenters. The number of thioether (sulfide) groups is 1. The normalized spacial score (nSPS) is 16.1. The molecule has 8 nitrogen and oxygen atoms in total. The van der Waals surface area contributed by atoms with Crippen molar-refractivity contribution in [1.82, 2.24) is 24.5 Å². The number of aryl methyl sites for hydroxylation is 1. The maximum atomic E-state index is 13.0. The number of hydrogen-bond donors (Lipinski definition) is 0. The molecule has 9 heteroatoms. The number of benzene rings is 2. The number of carbonyl (C=O) groups is 2. The van der Waals surface area contributed by atoms with Gasteiger partial charge in [0.2, 0.25) is 5.91 Å². The van der Waals surface area contributed by atoms with Crippen molar-refractivity contribution in [3.63, 3.8) is 0 Å². The summed E-state index contributed by atoms with van der Waals surface area (Å²) in [5.41, 5.74) is 3.64. The van der Waals surface area contributed by atoms with Gasteiger partial charge in [0.05, 0.1) is 23.8 Å². The third-order valence-electron chi connectivity index (χ3n) is 6.21. The molecule has 2 aromatic heterocycles. The van der Waals surface area contributed by atoms with Crippen LogP contribution in [0.25, 0.3) is 27.9 Å². The number of rotatable bonds is 6. The molecule has 0 N–H and O–H groups in total. The minimum absolute atomic E-state index is 0.0217. The Hall–Kier alpha value is -3.46. The Kier molecular flexibility index (Phi) is 6.68. The molecule has 4 aromatic rings. The van der Waals surface area contributed by atoms with Crippen molar-refractivity contribution >= 4 is 40.2 Å². The van der Waals surface area contributed by atoms with Gasteiger partial charge in [-0.25, -0.2) is 4.98 Å². The number of ether oxygens (including phenoxy) is 1. The Labute approximate surface area is 207 Å². The minimum Gasteiger partial charge on any atom is -0.466 e. The average Bonchev–Trinajstić information content (AvgIpc) is 3.31. The molecule has 0 saturated carbocycles.